The van der Waals surface area contributed by atoms with Gasteiger partial charge in [0.15, 0.2) is 6.29 Å². The number of aryl methyl sites for hydroxylation is 1. The topological polar surface area (TPSA) is 184 Å². The lowest BCUT2D eigenvalue weighted by atomic mass is 9.98. The van der Waals surface area contributed by atoms with Gasteiger partial charge < -0.3 is 50.8 Å². The van der Waals surface area contributed by atoms with Crippen LogP contribution in [0, 0.1) is 0 Å². The van der Waals surface area contributed by atoms with Crippen molar-refractivity contribution in [2.75, 3.05) is 26.4 Å². The van der Waals surface area contributed by atoms with Gasteiger partial charge in [0.1, 0.15) is 30.5 Å². The van der Waals surface area contributed by atoms with Crippen LogP contribution in [0.1, 0.15) is 166 Å². The van der Waals surface area contributed by atoms with Crippen molar-refractivity contribution < 1.29 is 57.7 Å². The summed E-state index contributed by atoms with van der Waals surface area (Å²) in [6.45, 7) is 2.89. The van der Waals surface area contributed by atoms with Gasteiger partial charge in [-0.25, -0.2) is 0 Å². The number of ether oxygens (including phenoxy) is 3. The molecule has 5 unspecified atom stereocenters. The highest BCUT2D eigenvalue weighted by molar-refractivity contribution is 5.76. The molecule has 1 amide bonds. The monoisotopic (exact) mass is 849 g/mol. The van der Waals surface area contributed by atoms with E-state index in [0.29, 0.717) is 38.8 Å². The number of nitrogens with one attached hydrogen (secondary N) is 1. The first-order chi connectivity index (χ1) is 28.4. The highest BCUT2D eigenvalue weighted by Gasteiger charge is 2.45. The van der Waals surface area contributed by atoms with E-state index in [2.05, 4.69) is 12.2 Å². The van der Waals surface area contributed by atoms with E-state index in [1.807, 2.05) is 0 Å². The third-order valence-electron chi connectivity index (χ3n) is 11.3. The summed E-state index contributed by atoms with van der Waals surface area (Å²) in [7, 11) is 0. The zero-order valence-electron chi connectivity index (χ0n) is 35.8. The number of carbonyl (C=O) groups excluding carboxylic acids is 1. The van der Waals surface area contributed by atoms with Crippen molar-refractivity contribution in [3.05, 3.63) is 35.4 Å². The normalized spacial score (nSPS) is 21.4. The predicted molar refractivity (Wildman–Crippen MR) is 223 cm³/mol. The van der Waals surface area contributed by atoms with E-state index in [4.69, 9.17) is 19.9 Å². The molecular formula is C45H79F3N2O9. The van der Waals surface area contributed by atoms with Gasteiger partial charge in [-0.2, -0.15) is 13.2 Å². The second-order valence-electron chi connectivity index (χ2n) is 16.5. The van der Waals surface area contributed by atoms with Crippen molar-refractivity contribution in [3.63, 3.8) is 0 Å². The zero-order chi connectivity index (χ0) is 43.3. The largest absolute Gasteiger partial charge is 0.416 e. The minimum absolute atomic E-state index is 0.0443. The SMILES string of the molecule is CCCCCCCCCCCCCC[C@@H](O)[C@@H](O)[C@H](COC1OC(COCCCCCCN)C(O)C(O)C1O)NC(=O)CCCCCCCc1ccc(C(F)(F)F)cc1. The minimum atomic E-state index is -4.36. The Bertz CT molecular complexity index is 1180. The van der Waals surface area contributed by atoms with Crippen LogP contribution in [0.2, 0.25) is 0 Å². The summed E-state index contributed by atoms with van der Waals surface area (Å²) >= 11 is 0. The molecule has 11 nitrogen and oxygen atoms in total. The van der Waals surface area contributed by atoms with Crippen LogP contribution in [0.3, 0.4) is 0 Å². The highest BCUT2D eigenvalue weighted by atomic mass is 19.4. The molecule has 0 aliphatic carbocycles. The summed E-state index contributed by atoms with van der Waals surface area (Å²) in [5.41, 5.74) is 5.72. The molecule has 1 aliphatic rings. The van der Waals surface area contributed by atoms with Crippen LogP contribution in [-0.2, 0) is 31.6 Å². The summed E-state index contributed by atoms with van der Waals surface area (Å²) in [4.78, 5) is 13.1. The number of carbonyl (C=O) groups is 1. The van der Waals surface area contributed by atoms with E-state index in [1.165, 1.54) is 63.5 Å². The van der Waals surface area contributed by atoms with Crippen molar-refractivity contribution in [1.82, 2.24) is 5.32 Å². The molecular weight excluding hydrogens is 769 g/mol. The maximum absolute atomic E-state index is 13.1. The zero-order valence-corrected chi connectivity index (χ0v) is 35.8. The van der Waals surface area contributed by atoms with Crippen molar-refractivity contribution in [3.8, 4) is 0 Å². The first kappa shape index (κ1) is 53.3. The molecule has 1 heterocycles. The molecule has 14 heteroatoms. The number of hydrogen-bond donors (Lipinski definition) is 7. The molecule has 0 aromatic heterocycles. The molecule has 1 fully saturated rings. The Morgan fingerprint density at radius 2 is 1.32 bits per heavy atom. The average Bonchev–Trinajstić information content (AvgIpc) is 3.21. The van der Waals surface area contributed by atoms with Gasteiger partial charge in [0.2, 0.25) is 5.91 Å². The summed E-state index contributed by atoms with van der Waals surface area (Å²) in [6, 6.07) is 4.15. The van der Waals surface area contributed by atoms with Crippen LogP contribution in [0.25, 0.3) is 0 Å². The van der Waals surface area contributed by atoms with Gasteiger partial charge in [-0.1, -0.05) is 128 Å². The Hall–Kier alpha value is -1.88. The fourth-order valence-electron chi connectivity index (χ4n) is 7.44. The molecule has 59 heavy (non-hydrogen) atoms. The molecule has 344 valence electrons. The molecule has 1 aromatic carbocycles. The summed E-state index contributed by atoms with van der Waals surface area (Å²) < 4.78 is 55.8. The number of hydrogen-bond acceptors (Lipinski definition) is 10. The standard InChI is InChI=1S/C45H79F3N2O9/c1-2-3-4-5-6-7-8-9-10-11-14-19-24-37(51)40(53)36(32-58-44-43(56)42(55)41(54)38(59-44)33-57-31-22-17-16-21-30-49)50-39(52)25-20-15-12-13-18-23-34-26-28-35(29-27-34)45(46,47)48/h26-29,36-38,40-44,51,53-56H,2-25,30-33,49H2,1H3,(H,50,52)/t36-,37+,38?,40-,41?,42?,43?,44?/m0/s1. The molecule has 0 bridgehead atoms. The van der Waals surface area contributed by atoms with Gasteiger partial charge in [-0.3, -0.25) is 4.79 Å². The number of aliphatic hydroxyl groups excluding tert-OH is 5. The van der Waals surface area contributed by atoms with Gasteiger partial charge in [0.25, 0.3) is 0 Å². The minimum Gasteiger partial charge on any atom is -0.390 e. The number of rotatable bonds is 35. The average molecular weight is 849 g/mol. The van der Waals surface area contributed by atoms with Crippen molar-refractivity contribution in [1.29, 1.82) is 0 Å². The summed E-state index contributed by atoms with van der Waals surface area (Å²) in [6.07, 6.45) is 8.71. The number of alkyl halides is 3. The van der Waals surface area contributed by atoms with Gasteiger partial charge in [-0.05, 0) is 62.8 Å². The van der Waals surface area contributed by atoms with Crippen LogP contribution in [-0.4, -0.2) is 107 Å². The smallest absolute Gasteiger partial charge is 0.390 e. The van der Waals surface area contributed by atoms with E-state index in [9.17, 15) is 43.5 Å². The molecule has 2 rings (SSSR count). The number of amides is 1. The van der Waals surface area contributed by atoms with Gasteiger partial charge in [-0.15, -0.1) is 0 Å². The third-order valence-corrected chi connectivity index (χ3v) is 11.3. The van der Waals surface area contributed by atoms with Crippen molar-refractivity contribution >= 4 is 5.91 Å². The van der Waals surface area contributed by atoms with Gasteiger partial charge in [0.05, 0.1) is 30.9 Å². The molecule has 0 spiro atoms. The second-order valence-corrected chi connectivity index (χ2v) is 16.5. The van der Waals surface area contributed by atoms with E-state index in [1.54, 1.807) is 0 Å². The fraction of sp³-hybridized carbons (Fsp3) is 0.844. The number of aliphatic hydroxyl groups is 5. The Morgan fingerprint density at radius 3 is 1.93 bits per heavy atom. The van der Waals surface area contributed by atoms with Gasteiger partial charge in [0, 0.05) is 13.0 Å². The van der Waals surface area contributed by atoms with Crippen molar-refractivity contribution in [2.45, 2.75) is 216 Å². The summed E-state index contributed by atoms with van der Waals surface area (Å²) in [5, 5.41) is 56.9. The molecule has 1 aliphatic heterocycles. The van der Waals surface area contributed by atoms with Crippen LogP contribution in [0.15, 0.2) is 24.3 Å². The molecule has 0 saturated carbocycles. The lowest BCUT2D eigenvalue weighted by Crippen LogP contribution is -2.60. The molecule has 1 aromatic rings. The molecule has 1 saturated heterocycles. The van der Waals surface area contributed by atoms with Crippen LogP contribution in [0.5, 0.6) is 0 Å². The number of halogens is 3. The Labute approximate surface area is 352 Å². The third kappa shape index (κ3) is 23.2. The predicted octanol–water partition coefficient (Wildman–Crippen LogP) is 7.25. The number of benzene rings is 1. The Kier molecular flexibility index (Phi) is 28.8. The molecule has 8 N–H and O–H groups in total. The highest BCUT2D eigenvalue weighted by Crippen LogP contribution is 2.29. The van der Waals surface area contributed by atoms with Crippen LogP contribution >= 0.6 is 0 Å². The molecule has 8 atom stereocenters. The lowest BCUT2D eigenvalue weighted by molar-refractivity contribution is -0.304. The first-order valence-electron chi connectivity index (χ1n) is 22.8. The Morgan fingerprint density at radius 1 is 0.763 bits per heavy atom. The summed E-state index contributed by atoms with van der Waals surface area (Å²) in [5.74, 6) is -0.349. The number of nitrogens with two attached hydrogens (primary N) is 1. The van der Waals surface area contributed by atoms with Crippen molar-refractivity contribution in [2.24, 2.45) is 5.73 Å². The second kappa shape index (κ2) is 31.9. The maximum Gasteiger partial charge on any atom is 0.416 e. The lowest BCUT2D eigenvalue weighted by Gasteiger charge is -2.40. The van der Waals surface area contributed by atoms with E-state index >= 15 is 0 Å². The van der Waals surface area contributed by atoms with E-state index < -0.39 is 60.7 Å². The Balaban J connectivity index is 1.85. The molecule has 0 radical (unpaired) electrons. The first-order valence-corrected chi connectivity index (χ1v) is 22.8. The maximum atomic E-state index is 13.1. The van der Waals surface area contributed by atoms with E-state index in [0.717, 1.165) is 88.3 Å². The number of unbranched alkanes of at least 4 members (excludes halogenated alkanes) is 18. The quantitative estimate of drug-likeness (QED) is 0.0344. The van der Waals surface area contributed by atoms with E-state index in [-0.39, 0.29) is 25.5 Å². The van der Waals surface area contributed by atoms with Crippen LogP contribution < -0.4 is 11.1 Å². The fourth-order valence-corrected chi connectivity index (χ4v) is 7.44. The van der Waals surface area contributed by atoms with Crippen LogP contribution in [0.4, 0.5) is 13.2 Å². The van der Waals surface area contributed by atoms with Gasteiger partial charge >= 0.3 is 6.18 Å².